The molecule has 4 rings (SSSR count). The Labute approximate surface area is 274 Å². The summed E-state index contributed by atoms with van der Waals surface area (Å²) in [5.74, 6) is 0.355. The number of carbonyl (C=O) groups excluding carboxylic acids is 3. The minimum Gasteiger partial charge on any atom is -0.483 e. The number of para-hydroxylation sites is 1. The molecule has 1 heterocycles. The Bertz CT molecular complexity index is 1410. The van der Waals surface area contributed by atoms with Crippen LogP contribution < -0.4 is 20.7 Å². The summed E-state index contributed by atoms with van der Waals surface area (Å²) in [6, 6.07) is 25.0. The number of nitrogens with one attached hydrogen (secondary N) is 3. The molecule has 0 aromatic heterocycles. The van der Waals surface area contributed by atoms with Crippen LogP contribution in [0, 0.1) is 25.7 Å². The Kier molecular flexibility index (Phi) is 12.6. The Hall–Kier alpha value is -4.33. The van der Waals surface area contributed by atoms with E-state index in [1.807, 2.05) is 82.3 Å². The molecule has 4 atom stereocenters. The van der Waals surface area contributed by atoms with Crippen molar-refractivity contribution in [1.82, 2.24) is 20.9 Å². The predicted molar refractivity (Wildman–Crippen MR) is 183 cm³/mol. The molecule has 46 heavy (non-hydrogen) atoms. The number of urea groups is 1. The van der Waals surface area contributed by atoms with Crippen molar-refractivity contribution < 1.29 is 19.1 Å². The average molecular weight is 627 g/mol. The summed E-state index contributed by atoms with van der Waals surface area (Å²) in [6.07, 6.45) is 2.72. The van der Waals surface area contributed by atoms with Crippen molar-refractivity contribution in [3.63, 3.8) is 0 Å². The molecule has 8 nitrogen and oxygen atoms in total. The van der Waals surface area contributed by atoms with E-state index < -0.39 is 6.04 Å². The van der Waals surface area contributed by atoms with Crippen LogP contribution in [0.4, 0.5) is 4.79 Å². The van der Waals surface area contributed by atoms with Crippen molar-refractivity contribution in [2.75, 3.05) is 19.7 Å². The molecule has 4 amide bonds. The molecule has 0 saturated carbocycles. The van der Waals surface area contributed by atoms with Crippen LogP contribution in [-0.4, -0.2) is 60.6 Å². The topological polar surface area (TPSA) is 99.8 Å². The molecule has 8 heteroatoms. The second-order valence-electron chi connectivity index (χ2n) is 12.9. The first kappa shape index (κ1) is 34.5. The van der Waals surface area contributed by atoms with Gasteiger partial charge in [0.15, 0.2) is 6.61 Å². The number of hydrogen-bond acceptors (Lipinski definition) is 4. The zero-order valence-corrected chi connectivity index (χ0v) is 27.9. The lowest BCUT2D eigenvalue weighted by Crippen LogP contribution is -2.59. The van der Waals surface area contributed by atoms with Gasteiger partial charge < -0.3 is 25.6 Å². The third-order valence-electron chi connectivity index (χ3n) is 8.76. The van der Waals surface area contributed by atoms with Gasteiger partial charge in [-0.2, -0.15) is 0 Å². The number of ether oxygens (including phenoxy) is 1. The van der Waals surface area contributed by atoms with E-state index in [1.165, 1.54) is 0 Å². The van der Waals surface area contributed by atoms with Gasteiger partial charge >= 0.3 is 6.03 Å². The lowest BCUT2D eigenvalue weighted by atomic mass is 9.87. The first-order valence-corrected chi connectivity index (χ1v) is 16.5. The molecule has 246 valence electrons. The van der Waals surface area contributed by atoms with E-state index in [4.69, 9.17) is 4.74 Å². The lowest BCUT2D eigenvalue weighted by molar-refractivity contribution is -0.128. The van der Waals surface area contributed by atoms with Crippen LogP contribution >= 0.6 is 0 Å². The normalized spacial score (nSPS) is 15.8. The van der Waals surface area contributed by atoms with Gasteiger partial charge in [0.2, 0.25) is 5.91 Å². The van der Waals surface area contributed by atoms with Crippen molar-refractivity contribution >= 4 is 17.8 Å². The van der Waals surface area contributed by atoms with Crippen molar-refractivity contribution in [1.29, 1.82) is 0 Å². The smallest absolute Gasteiger partial charge is 0.318 e. The molecule has 1 aliphatic heterocycles. The molecule has 1 unspecified atom stereocenters. The molecular formula is C38H50N4O4. The summed E-state index contributed by atoms with van der Waals surface area (Å²) >= 11 is 0. The number of hydrogen-bond donors (Lipinski definition) is 3. The highest BCUT2D eigenvalue weighted by molar-refractivity contribution is 5.87. The van der Waals surface area contributed by atoms with Crippen molar-refractivity contribution in [3.8, 4) is 5.75 Å². The molecule has 1 saturated heterocycles. The minimum atomic E-state index is -0.573. The largest absolute Gasteiger partial charge is 0.483 e. The number of amides is 4. The highest BCUT2D eigenvalue weighted by Gasteiger charge is 2.35. The van der Waals surface area contributed by atoms with E-state index >= 15 is 0 Å². The first-order chi connectivity index (χ1) is 22.1. The number of rotatable bonds is 15. The Balaban J connectivity index is 1.52. The average Bonchev–Trinajstić information content (AvgIpc) is 3.02. The Morgan fingerprint density at radius 3 is 2.04 bits per heavy atom. The molecular weight excluding hydrogens is 576 g/mol. The van der Waals surface area contributed by atoms with Crippen LogP contribution in [0.1, 0.15) is 55.9 Å². The van der Waals surface area contributed by atoms with Gasteiger partial charge in [-0.3, -0.25) is 9.59 Å². The van der Waals surface area contributed by atoms with Gasteiger partial charge in [0.25, 0.3) is 5.91 Å². The third kappa shape index (κ3) is 9.83. The zero-order chi connectivity index (χ0) is 33.1. The van der Waals surface area contributed by atoms with Crippen molar-refractivity contribution in [2.24, 2.45) is 11.8 Å². The maximum Gasteiger partial charge on any atom is 0.318 e. The number of benzene rings is 3. The van der Waals surface area contributed by atoms with Gasteiger partial charge in [-0.15, -0.1) is 0 Å². The second-order valence-corrected chi connectivity index (χ2v) is 12.9. The number of aryl methyl sites for hydroxylation is 2. The van der Waals surface area contributed by atoms with Crippen LogP contribution in [0.15, 0.2) is 78.9 Å². The van der Waals surface area contributed by atoms with E-state index in [2.05, 4.69) is 47.1 Å². The van der Waals surface area contributed by atoms with E-state index in [0.717, 1.165) is 34.4 Å². The van der Waals surface area contributed by atoms with E-state index in [9.17, 15) is 14.4 Å². The van der Waals surface area contributed by atoms with E-state index in [1.54, 1.807) is 4.90 Å². The fourth-order valence-electron chi connectivity index (χ4n) is 6.38. The molecule has 3 aromatic rings. The fourth-order valence-corrected chi connectivity index (χ4v) is 6.38. The van der Waals surface area contributed by atoms with Gasteiger partial charge in [0, 0.05) is 25.2 Å². The van der Waals surface area contributed by atoms with E-state index in [0.29, 0.717) is 32.4 Å². The van der Waals surface area contributed by atoms with Crippen molar-refractivity contribution in [2.45, 2.75) is 78.4 Å². The van der Waals surface area contributed by atoms with E-state index in [-0.39, 0.29) is 48.4 Å². The third-order valence-corrected chi connectivity index (χ3v) is 8.76. The van der Waals surface area contributed by atoms with Gasteiger partial charge in [0.05, 0.1) is 0 Å². The predicted octanol–water partition coefficient (Wildman–Crippen LogP) is 5.60. The zero-order valence-electron chi connectivity index (χ0n) is 27.9. The maximum absolute atomic E-state index is 13.9. The maximum atomic E-state index is 13.9. The molecule has 1 aliphatic rings. The Morgan fingerprint density at radius 1 is 0.848 bits per heavy atom. The van der Waals surface area contributed by atoms with Gasteiger partial charge in [-0.25, -0.2) is 4.79 Å². The molecule has 3 N–H and O–H groups in total. The second kappa shape index (κ2) is 16.8. The van der Waals surface area contributed by atoms with Gasteiger partial charge in [-0.05, 0) is 73.6 Å². The van der Waals surface area contributed by atoms with Crippen LogP contribution in [0.2, 0.25) is 0 Å². The fraction of sp³-hybridized carbons (Fsp3) is 0.447. The summed E-state index contributed by atoms with van der Waals surface area (Å²) in [4.78, 5) is 41.6. The van der Waals surface area contributed by atoms with Crippen LogP contribution in [0.25, 0.3) is 0 Å². The minimum absolute atomic E-state index is 0.00847. The standard InChI is InChI=1S/C38H50N4O4/c1-26(2)35(42-21-13-20-39-38(42)45)37(44)40-32(23-30-16-8-6-9-17-30)22-29(5)33(24-31-18-10-7-11-19-31)41-34(43)25-46-36-27(3)14-12-15-28(36)4/h6-12,14-19,26,29,32-33,35H,13,20-25H2,1-5H3,(H,39,45)(H,40,44)(H,41,43)/t29-,32+,33-,35?/m0/s1. The highest BCUT2D eigenvalue weighted by atomic mass is 16.5. The Morgan fingerprint density at radius 2 is 1.46 bits per heavy atom. The summed E-state index contributed by atoms with van der Waals surface area (Å²) in [7, 11) is 0. The lowest BCUT2D eigenvalue weighted by Gasteiger charge is -2.37. The van der Waals surface area contributed by atoms with Crippen molar-refractivity contribution in [3.05, 3.63) is 101 Å². The van der Waals surface area contributed by atoms with Gasteiger partial charge in [-0.1, -0.05) is 99.6 Å². The molecule has 0 bridgehead atoms. The molecule has 3 aromatic carbocycles. The summed E-state index contributed by atoms with van der Waals surface area (Å²) in [5.41, 5.74) is 4.21. The molecule has 1 fully saturated rings. The van der Waals surface area contributed by atoms with Crippen LogP contribution in [-0.2, 0) is 22.4 Å². The SMILES string of the molecule is Cc1cccc(C)c1OCC(=O)N[C@@H](Cc1ccccc1)[C@@H](C)C[C@H](Cc1ccccc1)NC(=O)C(C(C)C)N1CCCNC1=O. The quantitative estimate of drug-likeness (QED) is 0.204. The number of nitrogens with zero attached hydrogens (tertiary/aromatic N) is 1. The first-order valence-electron chi connectivity index (χ1n) is 16.5. The summed E-state index contributed by atoms with van der Waals surface area (Å²) < 4.78 is 5.98. The molecule has 0 spiro atoms. The monoisotopic (exact) mass is 626 g/mol. The molecule has 0 aliphatic carbocycles. The summed E-state index contributed by atoms with van der Waals surface area (Å²) in [5, 5.41) is 9.47. The van der Waals surface area contributed by atoms with Crippen LogP contribution in [0.5, 0.6) is 5.75 Å². The highest BCUT2D eigenvalue weighted by Crippen LogP contribution is 2.23. The molecule has 0 radical (unpaired) electrons. The number of carbonyl (C=O) groups is 3. The summed E-state index contributed by atoms with van der Waals surface area (Å²) in [6.45, 7) is 11.1. The van der Waals surface area contributed by atoms with Gasteiger partial charge in [0.1, 0.15) is 11.8 Å². The van der Waals surface area contributed by atoms with Crippen LogP contribution in [0.3, 0.4) is 0 Å².